The summed E-state index contributed by atoms with van der Waals surface area (Å²) in [5.41, 5.74) is 2.73. The molecule has 1 atom stereocenters. The molecule has 3 amide bonds. The molecule has 5 nitrogen and oxygen atoms in total. The van der Waals surface area contributed by atoms with E-state index in [9.17, 15) is 9.59 Å². The second-order valence-electron chi connectivity index (χ2n) is 7.46. The summed E-state index contributed by atoms with van der Waals surface area (Å²) < 4.78 is 0. The quantitative estimate of drug-likeness (QED) is 0.900. The molecule has 2 fully saturated rings. The van der Waals surface area contributed by atoms with Crippen LogP contribution in [-0.2, 0) is 4.79 Å². The van der Waals surface area contributed by atoms with Gasteiger partial charge in [0.05, 0.1) is 0 Å². The number of para-hydroxylation sites is 1. The lowest BCUT2D eigenvalue weighted by Crippen LogP contribution is -2.36. The van der Waals surface area contributed by atoms with Crippen molar-refractivity contribution in [3.05, 3.63) is 60.2 Å². The SMILES string of the molecule is Cc1cccc(NC(=O)N2CCC3(CC(=O)N(c4ccccc4)C3)C2)c1. The second-order valence-corrected chi connectivity index (χ2v) is 7.46. The van der Waals surface area contributed by atoms with Crippen LogP contribution in [0, 0.1) is 12.3 Å². The summed E-state index contributed by atoms with van der Waals surface area (Å²) in [5.74, 6) is 0.150. The van der Waals surface area contributed by atoms with Gasteiger partial charge in [-0.15, -0.1) is 0 Å². The third-order valence-electron chi connectivity index (χ3n) is 5.38. The molecule has 5 heteroatoms. The molecule has 26 heavy (non-hydrogen) atoms. The van der Waals surface area contributed by atoms with Crippen LogP contribution in [0.25, 0.3) is 0 Å². The highest BCUT2D eigenvalue weighted by Gasteiger charge is 2.48. The van der Waals surface area contributed by atoms with Crippen LogP contribution in [0.4, 0.5) is 16.2 Å². The fourth-order valence-corrected chi connectivity index (χ4v) is 4.05. The summed E-state index contributed by atoms with van der Waals surface area (Å²) in [7, 11) is 0. The fourth-order valence-electron chi connectivity index (χ4n) is 4.05. The molecule has 2 aliphatic heterocycles. The monoisotopic (exact) mass is 349 g/mol. The molecule has 1 unspecified atom stereocenters. The highest BCUT2D eigenvalue weighted by Crippen LogP contribution is 2.41. The van der Waals surface area contributed by atoms with Crippen LogP contribution in [0.1, 0.15) is 18.4 Å². The van der Waals surface area contributed by atoms with E-state index in [0.29, 0.717) is 26.1 Å². The summed E-state index contributed by atoms with van der Waals surface area (Å²) in [5, 5.41) is 2.97. The number of hydrogen-bond donors (Lipinski definition) is 1. The Morgan fingerprint density at radius 2 is 1.88 bits per heavy atom. The zero-order valence-electron chi connectivity index (χ0n) is 14.9. The predicted octanol–water partition coefficient (Wildman–Crippen LogP) is 3.66. The Morgan fingerprint density at radius 3 is 2.65 bits per heavy atom. The van der Waals surface area contributed by atoms with Crippen LogP contribution in [0.15, 0.2) is 54.6 Å². The Labute approximate surface area is 153 Å². The molecule has 0 radical (unpaired) electrons. The van der Waals surface area contributed by atoms with E-state index in [-0.39, 0.29) is 17.4 Å². The van der Waals surface area contributed by atoms with Crippen molar-refractivity contribution in [2.75, 3.05) is 29.9 Å². The lowest BCUT2D eigenvalue weighted by molar-refractivity contribution is -0.117. The van der Waals surface area contributed by atoms with Gasteiger partial charge in [0.15, 0.2) is 0 Å². The zero-order valence-corrected chi connectivity index (χ0v) is 14.9. The van der Waals surface area contributed by atoms with Gasteiger partial charge in [-0.1, -0.05) is 30.3 Å². The Kier molecular flexibility index (Phi) is 4.15. The van der Waals surface area contributed by atoms with Crippen LogP contribution in [-0.4, -0.2) is 36.5 Å². The highest BCUT2D eigenvalue weighted by molar-refractivity contribution is 5.97. The maximum absolute atomic E-state index is 12.6. The van der Waals surface area contributed by atoms with Gasteiger partial charge < -0.3 is 15.1 Å². The van der Waals surface area contributed by atoms with Gasteiger partial charge >= 0.3 is 6.03 Å². The number of anilines is 2. The fraction of sp³-hybridized carbons (Fsp3) is 0.333. The lowest BCUT2D eigenvalue weighted by Gasteiger charge is -2.24. The minimum atomic E-state index is -0.128. The number of nitrogens with zero attached hydrogens (tertiary/aromatic N) is 2. The molecular weight excluding hydrogens is 326 g/mol. The molecule has 2 aromatic carbocycles. The highest BCUT2D eigenvalue weighted by atomic mass is 16.2. The average Bonchev–Trinajstić information content (AvgIpc) is 3.19. The van der Waals surface area contributed by atoms with Gasteiger partial charge in [0.1, 0.15) is 0 Å². The normalized spacial score (nSPS) is 22.3. The van der Waals surface area contributed by atoms with Gasteiger partial charge in [-0.05, 0) is 43.2 Å². The maximum Gasteiger partial charge on any atom is 0.321 e. The standard InChI is InChI=1S/C21H23N3O2/c1-16-6-5-7-17(12-16)22-20(26)23-11-10-21(14-23)13-19(25)24(15-21)18-8-3-2-4-9-18/h2-9,12H,10-11,13-15H2,1H3,(H,22,26). The first-order chi connectivity index (χ1) is 12.5. The number of likely N-dealkylation sites (tertiary alicyclic amines) is 1. The summed E-state index contributed by atoms with van der Waals surface area (Å²) in [6.45, 7) is 4.00. The predicted molar refractivity (Wildman–Crippen MR) is 102 cm³/mol. The number of rotatable bonds is 2. The number of amides is 3. The van der Waals surface area contributed by atoms with Crippen molar-refractivity contribution in [2.24, 2.45) is 5.41 Å². The van der Waals surface area contributed by atoms with Crippen molar-refractivity contribution in [2.45, 2.75) is 19.8 Å². The van der Waals surface area contributed by atoms with E-state index in [0.717, 1.165) is 23.4 Å². The lowest BCUT2D eigenvalue weighted by atomic mass is 9.86. The van der Waals surface area contributed by atoms with Crippen molar-refractivity contribution in [1.29, 1.82) is 0 Å². The number of urea groups is 1. The van der Waals surface area contributed by atoms with Crippen LogP contribution >= 0.6 is 0 Å². The first kappa shape index (κ1) is 16.6. The summed E-state index contributed by atoms with van der Waals surface area (Å²) in [6.07, 6.45) is 1.37. The van der Waals surface area contributed by atoms with Crippen molar-refractivity contribution >= 4 is 23.3 Å². The van der Waals surface area contributed by atoms with Gasteiger partial charge in [0, 0.05) is 42.8 Å². The van der Waals surface area contributed by atoms with E-state index in [1.165, 1.54) is 0 Å². The molecule has 0 aromatic heterocycles. The molecular formula is C21H23N3O2. The number of benzene rings is 2. The molecule has 0 aliphatic carbocycles. The number of nitrogens with one attached hydrogen (secondary N) is 1. The Balaban J connectivity index is 1.43. The van der Waals surface area contributed by atoms with E-state index in [2.05, 4.69) is 5.32 Å². The molecule has 2 heterocycles. The minimum Gasteiger partial charge on any atom is -0.324 e. The summed E-state index contributed by atoms with van der Waals surface area (Å²) in [4.78, 5) is 28.9. The topological polar surface area (TPSA) is 52.7 Å². The Morgan fingerprint density at radius 1 is 1.08 bits per heavy atom. The first-order valence-electron chi connectivity index (χ1n) is 9.03. The molecule has 2 aromatic rings. The third kappa shape index (κ3) is 3.17. The third-order valence-corrected chi connectivity index (χ3v) is 5.38. The molecule has 4 rings (SSSR count). The number of carbonyl (C=O) groups is 2. The van der Waals surface area contributed by atoms with Gasteiger partial charge in [-0.3, -0.25) is 4.79 Å². The van der Waals surface area contributed by atoms with E-state index >= 15 is 0 Å². The van der Waals surface area contributed by atoms with Crippen molar-refractivity contribution in [1.82, 2.24) is 4.90 Å². The van der Waals surface area contributed by atoms with Crippen molar-refractivity contribution in [3.63, 3.8) is 0 Å². The summed E-state index contributed by atoms with van der Waals surface area (Å²) >= 11 is 0. The van der Waals surface area contributed by atoms with Gasteiger partial charge in [0.25, 0.3) is 0 Å². The Hall–Kier alpha value is -2.82. The molecule has 2 aliphatic rings. The molecule has 1 N–H and O–H groups in total. The van der Waals surface area contributed by atoms with E-state index in [1.807, 2.05) is 71.3 Å². The number of hydrogen-bond acceptors (Lipinski definition) is 2. The van der Waals surface area contributed by atoms with Gasteiger partial charge in [-0.2, -0.15) is 0 Å². The maximum atomic E-state index is 12.6. The van der Waals surface area contributed by atoms with Crippen LogP contribution in [0.5, 0.6) is 0 Å². The van der Waals surface area contributed by atoms with Crippen LogP contribution in [0.2, 0.25) is 0 Å². The second kappa shape index (κ2) is 6.48. The summed E-state index contributed by atoms with van der Waals surface area (Å²) in [6, 6.07) is 17.5. The molecule has 1 spiro atoms. The van der Waals surface area contributed by atoms with E-state index in [1.54, 1.807) is 0 Å². The number of carbonyl (C=O) groups excluding carboxylic acids is 2. The smallest absolute Gasteiger partial charge is 0.321 e. The van der Waals surface area contributed by atoms with Crippen LogP contribution < -0.4 is 10.2 Å². The first-order valence-corrected chi connectivity index (χ1v) is 9.03. The Bertz CT molecular complexity index is 836. The molecule has 134 valence electrons. The molecule has 0 saturated carbocycles. The van der Waals surface area contributed by atoms with Gasteiger partial charge in [-0.25, -0.2) is 4.79 Å². The minimum absolute atomic E-state index is 0.0851. The van der Waals surface area contributed by atoms with Crippen molar-refractivity contribution in [3.8, 4) is 0 Å². The molecule has 0 bridgehead atoms. The average molecular weight is 349 g/mol. The van der Waals surface area contributed by atoms with Crippen LogP contribution in [0.3, 0.4) is 0 Å². The van der Waals surface area contributed by atoms with Gasteiger partial charge in [0.2, 0.25) is 5.91 Å². The van der Waals surface area contributed by atoms with E-state index < -0.39 is 0 Å². The van der Waals surface area contributed by atoms with Crippen molar-refractivity contribution < 1.29 is 9.59 Å². The molecule has 2 saturated heterocycles. The largest absolute Gasteiger partial charge is 0.324 e. The van der Waals surface area contributed by atoms with E-state index in [4.69, 9.17) is 0 Å². The number of aryl methyl sites for hydroxylation is 1. The zero-order chi connectivity index (χ0) is 18.1.